The first-order chi connectivity index (χ1) is 19.6. The third kappa shape index (κ3) is 7.09. The monoisotopic (exact) mass is 562 g/mol. The average molecular weight is 563 g/mol. The zero-order chi connectivity index (χ0) is 29.2. The summed E-state index contributed by atoms with van der Waals surface area (Å²) in [6.45, 7) is 11.4. The number of hydrogen-bond donors (Lipinski definition) is 1. The van der Waals surface area contributed by atoms with Crippen LogP contribution in [0.3, 0.4) is 0 Å². The van der Waals surface area contributed by atoms with Crippen molar-refractivity contribution >= 4 is 12.0 Å². The van der Waals surface area contributed by atoms with E-state index in [0.29, 0.717) is 25.4 Å². The van der Waals surface area contributed by atoms with E-state index in [2.05, 4.69) is 19.9 Å². The molecule has 2 heterocycles. The number of carbonyl (C=O) groups excluding carboxylic acids is 1. The standard InChI is InChI=1S/C34H42O7/c1-22(2)6-16-29-33(5,41-29)32-31(36)28(18-19-34(32)21-38-34)40-30(35)17-11-24-7-12-26(13-8-24)39-27-14-9-25(10-15-27)20-37-23(3)4/h6-15,17,23,28-29,31-32,36H,16,18-21H2,1-5H3/b17-11+/t28-,29?,31-,32?,33+,34?/m1/s1. The lowest BCUT2D eigenvalue weighted by atomic mass is 9.68. The summed E-state index contributed by atoms with van der Waals surface area (Å²) in [4.78, 5) is 12.7. The van der Waals surface area contributed by atoms with Crippen molar-refractivity contribution in [1.82, 2.24) is 0 Å². The second kappa shape index (κ2) is 12.1. The van der Waals surface area contributed by atoms with E-state index in [9.17, 15) is 9.90 Å². The maximum absolute atomic E-state index is 12.7. The lowest BCUT2D eigenvalue weighted by molar-refractivity contribution is -0.162. The normalized spacial score (nSPS) is 30.4. The molecule has 7 nitrogen and oxygen atoms in total. The zero-order valence-corrected chi connectivity index (χ0v) is 24.7. The van der Waals surface area contributed by atoms with E-state index in [1.807, 2.05) is 69.3 Å². The smallest absolute Gasteiger partial charge is 0.331 e. The van der Waals surface area contributed by atoms with Gasteiger partial charge in [0.15, 0.2) is 0 Å². The molecule has 7 heteroatoms. The van der Waals surface area contributed by atoms with Gasteiger partial charge in [0.25, 0.3) is 0 Å². The van der Waals surface area contributed by atoms with Crippen LogP contribution in [0.2, 0.25) is 0 Å². The van der Waals surface area contributed by atoms with Gasteiger partial charge >= 0.3 is 5.97 Å². The molecule has 0 bridgehead atoms. The second-order valence-corrected chi connectivity index (χ2v) is 12.2. The van der Waals surface area contributed by atoms with Gasteiger partial charge in [0.1, 0.15) is 28.8 Å². The Morgan fingerprint density at radius 3 is 2.37 bits per heavy atom. The molecule has 1 N–H and O–H groups in total. The number of carbonyl (C=O) groups is 1. The highest BCUT2D eigenvalue weighted by atomic mass is 16.6. The van der Waals surface area contributed by atoms with Crippen LogP contribution in [-0.4, -0.2) is 53.3 Å². The Hall–Kier alpha value is -2.97. The van der Waals surface area contributed by atoms with E-state index in [1.54, 1.807) is 6.08 Å². The first-order valence-corrected chi connectivity index (χ1v) is 14.6. The van der Waals surface area contributed by atoms with Gasteiger partial charge in [0.2, 0.25) is 0 Å². The first-order valence-electron chi connectivity index (χ1n) is 14.6. The molecule has 0 aromatic heterocycles. The lowest BCUT2D eigenvalue weighted by Crippen LogP contribution is -2.54. The van der Waals surface area contributed by atoms with Crippen molar-refractivity contribution in [3.8, 4) is 11.5 Å². The van der Waals surface area contributed by atoms with Gasteiger partial charge in [-0.1, -0.05) is 35.9 Å². The quantitative estimate of drug-likeness (QED) is 0.147. The largest absolute Gasteiger partial charge is 0.457 e. The molecular weight excluding hydrogens is 520 g/mol. The molecular formula is C34H42O7. The molecule has 1 saturated carbocycles. The van der Waals surface area contributed by atoms with Gasteiger partial charge in [-0.05, 0) is 95.3 Å². The number of benzene rings is 2. The molecule has 3 aliphatic rings. The number of rotatable bonds is 11. The van der Waals surface area contributed by atoms with E-state index in [4.69, 9.17) is 23.7 Å². The van der Waals surface area contributed by atoms with Gasteiger partial charge in [-0.15, -0.1) is 0 Å². The SMILES string of the molecule is CC(C)=CCC1O[C@]1(C)C1[C@H](O)[C@H](OC(=O)/C=C/c2ccc(Oc3ccc(COC(C)C)cc3)cc2)CCC12CO2. The van der Waals surface area contributed by atoms with Gasteiger partial charge in [0.05, 0.1) is 37.4 Å². The van der Waals surface area contributed by atoms with E-state index in [0.717, 1.165) is 29.7 Å². The number of aliphatic hydroxyl groups excluding tert-OH is 1. The molecule has 5 rings (SSSR count). The molecule has 220 valence electrons. The molecule has 1 aliphatic carbocycles. The number of esters is 1. The summed E-state index contributed by atoms with van der Waals surface area (Å²) < 4.78 is 29.3. The van der Waals surface area contributed by atoms with Gasteiger partial charge in [-0.3, -0.25) is 0 Å². The number of hydrogen-bond acceptors (Lipinski definition) is 7. The summed E-state index contributed by atoms with van der Waals surface area (Å²) in [5, 5.41) is 11.3. The fourth-order valence-electron chi connectivity index (χ4n) is 5.87. The number of epoxide rings is 2. The molecule has 41 heavy (non-hydrogen) atoms. The van der Waals surface area contributed by atoms with Crippen LogP contribution in [0.25, 0.3) is 6.08 Å². The molecule has 1 spiro atoms. The Morgan fingerprint density at radius 1 is 1.10 bits per heavy atom. The predicted molar refractivity (Wildman–Crippen MR) is 157 cm³/mol. The summed E-state index contributed by atoms with van der Waals surface area (Å²) in [5.74, 6) is 0.715. The molecule has 2 aromatic carbocycles. The average Bonchev–Trinajstić information content (AvgIpc) is 3.85. The van der Waals surface area contributed by atoms with E-state index in [-0.39, 0.29) is 23.7 Å². The Balaban J connectivity index is 1.13. The maximum Gasteiger partial charge on any atom is 0.331 e. The highest BCUT2D eigenvalue weighted by Crippen LogP contribution is 2.59. The Kier molecular flexibility index (Phi) is 8.71. The lowest BCUT2D eigenvalue weighted by Gasteiger charge is -2.40. The van der Waals surface area contributed by atoms with Crippen LogP contribution >= 0.6 is 0 Å². The van der Waals surface area contributed by atoms with Crippen LogP contribution in [0, 0.1) is 5.92 Å². The molecule has 6 atom stereocenters. The van der Waals surface area contributed by atoms with Crippen molar-refractivity contribution in [3.05, 3.63) is 77.4 Å². The van der Waals surface area contributed by atoms with Crippen LogP contribution in [0.1, 0.15) is 65.0 Å². The highest BCUT2D eigenvalue weighted by molar-refractivity contribution is 5.87. The molecule has 2 aromatic rings. The molecule has 0 radical (unpaired) electrons. The predicted octanol–water partition coefficient (Wildman–Crippen LogP) is 6.38. The third-order valence-corrected chi connectivity index (χ3v) is 8.29. The zero-order valence-electron chi connectivity index (χ0n) is 24.7. The van der Waals surface area contributed by atoms with Crippen LogP contribution < -0.4 is 4.74 Å². The van der Waals surface area contributed by atoms with Gasteiger partial charge in [0, 0.05) is 6.08 Å². The van der Waals surface area contributed by atoms with Crippen LogP contribution in [0.15, 0.2) is 66.3 Å². The summed E-state index contributed by atoms with van der Waals surface area (Å²) in [6.07, 6.45) is 6.13. The summed E-state index contributed by atoms with van der Waals surface area (Å²) in [7, 11) is 0. The van der Waals surface area contributed by atoms with Crippen molar-refractivity contribution < 1.29 is 33.6 Å². The fourth-order valence-corrected chi connectivity index (χ4v) is 5.87. The first kappa shape index (κ1) is 29.5. The number of aliphatic hydroxyl groups is 1. The topological polar surface area (TPSA) is 90.0 Å². The van der Waals surface area contributed by atoms with Crippen molar-refractivity contribution in [2.75, 3.05) is 6.61 Å². The van der Waals surface area contributed by atoms with Crippen molar-refractivity contribution in [2.24, 2.45) is 5.92 Å². The molecule has 3 unspecified atom stereocenters. The summed E-state index contributed by atoms with van der Waals surface area (Å²) in [5.41, 5.74) is 2.30. The Morgan fingerprint density at radius 2 is 1.76 bits per heavy atom. The van der Waals surface area contributed by atoms with Crippen molar-refractivity contribution in [3.63, 3.8) is 0 Å². The van der Waals surface area contributed by atoms with E-state index >= 15 is 0 Å². The van der Waals surface area contributed by atoms with E-state index in [1.165, 1.54) is 11.6 Å². The van der Waals surface area contributed by atoms with Gasteiger partial charge < -0.3 is 28.8 Å². The minimum Gasteiger partial charge on any atom is -0.457 e. The molecule has 0 amide bonds. The summed E-state index contributed by atoms with van der Waals surface area (Å²) >= 11 is 0. The summed E-state index contributed by atoms with van der Waals surface area (Å²) in [6, 6.07) is 15.3. The van der Waals surface area contributed by atoms with Gasteiger partial charge in [-0.2, -0.15) is 0 Å². The Bertz CT molecular complexity index is 1250. The van der Waals surface area contributed by atoms with E-state index < -0.39 is 23.8 Å². The molecule has 2 aliphatic heterocycles. The van der Waals surface area contributed by atoms with Crippen LogP contribution in [-0.2, 0) is 30.3 Å². The minimum atomic E-state index is -0.849. The Labute approximate surface area is 243 Å². The number of ether oxygens (including phenoxy) is 5. The molecule has 2 saturated heterocycles. The second-order valence-electron chi connectivity index (χ2n) is 12.2. The fraction of sp³-hybridized carbons (Fsp3) is 0.500. The van der Waals surface area contributed by atoms with Crippen molar-refractivity contribution in [1.29, 1.82) is 0 Å². The maximum atomic E-state index is 12.7. The third-order valence-electron chi connectivity index (χ3n) is 8.29. The molecule has 3 fully saturated rings. The highest BCUT2D eigenvalue weighted by Gasteiger charge is 2.71. The van der Waals surface area contributed by atoms with Crippen molar-refractivity contribution in [2.45, 2.75) is 96.1 Å². The van der Waals surface area contributed by atoms with Gasteiger partial charge in [-0.25, -0.2) is 4.79 Å². The van der Waals surface area contributed by atoms with Crippen LogP contribution in [0.5, 0.6) is 11.5 Å². The number of allylic oxidation sites excluding steroid dienone is 1. The minimum absolute atomic E-state index is 0.0306. The van der Waals surface area contributed by atoms with Crippen LogP contribution in [0.4, 0.5) is 0 Å².